The number of fused-ring (bicyclic) bond motifs is 1. The average Bonchev–Trinajstić information content (AvgIpc) is 3.32. The van der Waals surface area contributed by atoms with E-state index in [1.807, 2.05) is 55.5 Å². The number of aromatic nitrogens is 3. The van der Waals surface area contributed by atoms with Crippen LogP contribution < -0.4 is 15.0 Å². The summed E-state index contributed by atoms with van der Waals surface area (Å²) in [5.41, 5.74) is 4.07. The van der Waals surface area contributed by atoms with Crippen molar-refractivity contribution in [2.24, 2.45) is 0 Å². The maximum Gasteiger partial charge on any atom is 0.235 e. The Morgan fingerprint density at radius 3 is 2.74 bits per heavy atom. The van der Waals surface area contributed by atoms with Crippen LogP contribution in [-0.4, -0.2) is 34.1 Å². The summed E-state index contributed by atoms with van der Waals surface area (Å²) >= 11 is 6.01. The summed E-state index contributed by atoms with van der Waals surface area (Å²) in [6, 6.07) is 17.9. The summed E-state index contributed by atoms with van der Waals surface area (Å²) in [6.45, 7) is 3.84. The van der Waals surface area contributed by atoms with Gasteiger partial charge >= 0.3 is 0 Å². The van der Waals surface area contributed by atoms with Crippen LogP contribution in [0.3, 0.4) is 0 Å². The number of nitrogens with one attached hydrogen (secondary N) is 1. The summed E-state index contributed by atoms with van der Waals surface area (Å²) in [6.07, 6.45) is 4.08. The number of anilines is 2. The third kappa shape index (κ3) is 4.45. The molecule has 1 fully saturated rings. The van der Waals surface area contributed by atoms with Gasteiger partial charge in [-0.3, -0.25) is 4.98 Å². The van der Waals surface area contributed by atoms with Crippen LogP contribution in [0.15, 0.2) is 60.9 Å². The van der Waals surface area contributed by atoms with E-state index in [1.165, 1.54) is 0 Å². The van der Waals surface area contributed by atoms with Crippen LogP contribution in [-0.2, 0) is 6.54 Å². The van der Waals surface area contributed by atoms with E-state index in [9.17, 15) is 5.26 Å². The van der Waals surface area contributed by atoms with Crippen molar-refractivity contribution >= 4 is 34.0 Å². The minimum atomic E-state index is -0.0423. The van der Waals surface area contributed by atoms with Gasteiger partial charge in [-0.05, 0) is 30.7 Å². The summed E-state index contributed by atoms with van der Waals surface area (Å²) in [4.78, 5) is 15.6. The maximum absolute atomic E-state index is 10.2. The predicted molar refractivity (Wildman–Crippen MR) is 133 cm³/mol. The van der Waals surface area contributed by atoms with Crippen LogP contribution in [0.2, 0.25) is 5.02 Å². The SMILES string of the molecule is Cc1nccnc1OC1CCN(c2c(C#N)c(NCc3ccc(Cl)cc3)nc3ccccc23)C1. The van der Waals surface area contributed by atoms with E-state index in [4.69, 9.17) is 21.3 Å². The molecule has 0 aliphatic carbocycles. The number of rotatable bonds is 6. The largest absolute Gasteiger partial charge is 0.471 e. The second-order valence-electron chi connectivity index (χ2n) is 8.21. The standard InChI is InChI=1S/C26H23ClN6O/c1-17-26(30-12-11-29-17)34-20-10-13-33(16-20)24-21-4-2-3-5-23(21)32-25(22(24)14-28)31-15-18-6-8-19(27)9-7-18/h2-9,11-12,20H,10,13,15-16H2,1H3,(H,31,32). The Morgan fingerprint density at radius 2 is 1.94 bits per heavy atom. The number of hydrogen-bond acceptors (Lipinski definition) is 7. The Bertz CT molecular complexity index is 1370. The molecule has 3 heterocycles. The van der Waals surface area contributed by atoms with Gasteiger partial charge in [-0.25, -0.2) is 9.97 Å². The van der Waals surface area contributed by atoms with E-state index in [0.717, 1.165) is 40.8 Å². The van der Waals surface area contributed by atoms with Gasteiger partial charge in [0.2, 0.25) is 5.88 Å². The highest BCUT2D eigenvalue weighted by Gasteiger charge is 2.29. The van der Waals surface area contributed by atoms with Crippen molar-refractivity contribution in [2.75, 3.05) is 23.3 Å². The molecule has 170 valence electrons. The lowest BCUT2D eigenvalue weighted by Gasteiger charge is -2.23. The molecule has 1 aliphatic rings. The van der Waals surface area contributed by atoms with E-state index in [-0.39, 0.29) is 6.10 Å². The van der Waals surface area contributed by atoms with Gasteiger partial charge in [0.1, 0.15) is 23.6 Å². The number of para-hydroxylation sites is 1. The summed E-state index contributed by atoms with van der Waals surface area (Å²) < 4.78 is 6.15. The van der Waals surface area contributed by atoms with E-state index >= 15 is 0 Å². The molecule has 1 atom stereocenters. The van der Waals surface area contributed by atoms with Crippen molar-refractivity contribution in [3.8, 4) is 11.9 Å². The first-order chi connectivity index (χ1) is 16.6. The van der Waals surface area contributed by atoms with Crippen LogP contribution in [0.1, 0.15) is 23.2 Å². The molecule has 1 unspecified atom stereocenters. The summed E-state index contributed by atoms with van der Waals surface area (Å²) in [5.74, 6) is 1.13. The Balaban J connectivity index is 1.45. The molecule has 8 heteroatoms. The van der Waals surface area contributed by atoms with Gasteiger partial charge in [-0.15, -0.1) is 0 Å². The molecule has 0 spiro atoms. The van der Waals surface area contributed by atoms with Crippen molar-refractivity contribution in [3.63, 3.8) is 0 Å². The third-order valence-corrected chi connectivity index (χ3v) is 6.18. The third-order valence-electron chi connectivity index (χ3n) is 5.93. The zero-order chi connectivity index (χ0) is 23.5. The number of halogens is 1. The highest BCUT2D eigenvalue weighted by molar-refractivity contribution is 6.30. The molecule has 0 saturated carbocycles. The first-order valence-corrected chi connectivity index (χ1v) is 11.5. The fourth-order valence-electron chi connectivity index (χ4n) is 4.24. The molecule has 4 aromatic rings. The highest BCUT2D eigenvalue weighted by atomic mass is 35.5. The number of aryl methyl sites for hydroxylation is 1. The van der Waals surface area contributed by atoms with Gasteiger partial charge in [0.15, 0.2) is 0 Å². The van der Waals surface area contributed by atoms with Gasteiger partial charge in [0, 0.05) is 42.3 Å². The van der Waals surface area contributed by atoms with E-state index in [0.29, 0.717) is 35.4 Å². The normalized spacial score (nSPS) is 15.3. The van der Waals surface area contributed by atoms with Crippen molar-refractivity contribution in [1.29, 1.82) is 5.26 Å². The quantitative estimate of drug-likeness (QED) is 0.418. The van der Waals surface area contributed by atoms with Crippen LogP contribution in [0.25, 0.3) is 10.9 Å². The molecule has 0 radical (unpaired) electrons. The molecule has 2 aromatic carbocycles. The Labute approximate surface area is 203 Å². The number of pyridine rings is 1. The fraction of sp³-hybridized carbons (Fsp3) is 0.231. The van der Waals surface area contributed by atoms with Crippen molar-refractivity contribution < 1.29 is 4.74 Å². The van der Waals surface area contributed by atoms with Gasteiger partial charge < -0.3 is 15.0 Å². The van der Waals surface area contributed by atoms with E-state index in [1.54, 1.807) is 12.4 Å². The topological polar surface area (TPSA) is 87.0 Å². The average molecular weight is 471 g/mol. The Kier molecular flexibility index (Phi) is 6.15. The molecule has 34 heavy (non-hydrogen) atoms. The number of nitriles is 1. The molecule has 1 N–H and O–H groups in total. The number of ether oxygens (including phenoxy) is 1. The number of nitrogens with zero attached hydrogens (tertiary/aromatic N) is 5. The van der Waals surface area contributed by atoms with Gasteiger partial charge in [-0.2, -0.15) is 5.26 Å². The molecular weight excluding hydrogens is 448 g/mol. The second kappa shape index (κ2) is 9.54. The van der Waals surface area contributed by atoms with E-state index < -0.39 is 0 Å². The minimum Gasteiger partial charge on any atom is -0.471 e. The van der Waals surface area contributed by atoms with Gasteiger partial charge in [-0.1, -0.05) is 41.9 Å². The van der Waals surface area contributed by atoms with Crippen LogP contribution >= 0.6 is 11.6 Å². The second-order valence-corrected chi connectivity index (χ2v) is 8.65. The van der Waals surface area contributed by atoms with Crippen molar-refractivity contribution in [1.82, 2.24) is 15.0 Å². The Morgan fingerprint density at radius 1 is 1.15 bits per heavy atom. The first kappa shape index (κ1) is 21.9. The Hall–Kier alpha value is -3.89. The number of hydrogen-bond donors (Lipinski definition) is 1. The number of benzene rings is 2. The lowest BCUT2D eigenvalue weighted by Crippen LogP contribution is -2.26. The molecule has 5 rings (SSSR count). The zero-order valence-electron chi connectivity index (χ0n) is 18.7. The molecule has 2 aromatic heterocycles. The molecule has 0 amide bonds. The summed E-state index contributed by atoms with van der Waals surface area (Å²) in [7, 11) is 0. The fourth-order valence-corrected chi connectivity index (χ4v) is 4.37. The molecular formula is C26H23ClN6O. The lowest BCUT2D eigenvalue weighted by atomic mass is 10.1. The van der Waals surface area contributed by atoms with Gasteiger partial charge in [0.25, 0.3) is 0 Å². The molecule has 1 saturated heterocycles. The monoisotopic (exact) mass is 470 g/mol. The molecule has 0 bridgehead atoms. The first-order valence-electron chi connectivity index (χ1n) is 11.1. The van der Waals surface area contributed by atoms with Crippen molar-refractivity contribution in [3.05, 3.63) is 82.8 Å². The lowest BCUT2D eigenvalue weighted by molar-refractivity contribution is 0.213. The van der Waals surface area contributed by atoms with Crippen LogP contribution in [0.4, 0.5) is 11.5 Å². The van der Waals surface area contributed by atoms with E-state index in [2.05, 4.69) is 26.3 Å². The molecule has 1 aliphatic heterocycles. The summed E-state index contributed by atoms with van der Waals surface area (Å²) in [5, 5.41) is 15.2. The van der Waals surface area contributed by atoms with Crippen LogP contribution in [0, 0.1) is 18.3 Å². The minimum absolute atomic E-state index is 0.0423. The smallest absolute Gasteiger partial charge is 0.235 e. The van der Waals surface area contributed by atoms with Crippen molar-refractivity contribution in [2.45, 2.75) is 26.0 Å². The predicted octanol–water partition coefficient (Wildman–Crippen LogP) is 5.13. The highest BCUT2D eigenvalue weighted by Crippen LogP contribution is 2.36. The maximum atomic E-state index is 10.2. The van der Waals surface area contributed by atoms with Crippen LogP contribution in [0.5, 0.6) is 5.88 Å². The molecule has 7 nitrogen and oxygen atoms in total. The zero-order valence-corrected chi connectivity index (χ0v) is 19.5. The van der Waals surface area contributed by atoms with Gasteiger partial charge in [0.05, 0.1) is 23.4 Å².